The number of carbonyl (C=O) groups is 2. The van der Waals surface area contributed by atoms with Gasteiger partial charge in [-0.15, -0.1) is 10.2 Å². The van der Waals surface area contributed by atoms with Crippen molar-refractivity contribution in [2.75, 3.05) is 7.11 Å². The van der Waals surface area contributed by atoms with Crippen LogP contribution in [0.3, 0.4) is 0 Å². The Hall–Kier alpha value is -3.04. The van der Waals surface area contributed by atoms with Gasteiger partial charge in [-0.25, -0.2) is 4.79 Å². The zero-order valence-electron chi connectivity index (χ0n) is 15.6. The average molecular weight is 432 g/mol. The van der Waals surface area contributed by atoms with Crippen molar-refractivity contribution in [1.29, 1.82) is 0 Å². The van der Waals surface area contributed by atoms with Crippen molar-refractivity contribution in [2.45, 2.75) is 17.3 Å². The van der Waals surface area contributed by atoms with E-state index in [0.29, 0.717) is 21.8 Å². The molecule has 0 aliphatic rings. The maximum absolute atomic E-state index is 12.1. The molecule has 2 aromatic carbocycles. The number of nitrogens with two attached hydrogens (primary N) is 1. The van der Waals surface area contributed by atoms with Crippen LogP contribution in [0.4, 0.5) is 4.79 Å². The Bertz CT molecular complexity index is 1020. The van der Waals surface area contributed by atoms with Crippen LogP contribution in [0, 0.1) is 0 Å². The lowest BCUT2D eigenvalue weighted by Gasteiger charge is -2.13. The third kappa shape index (κ3) is 4.87. The van der Waals surface area contributed by atoms with Crippen LogP contribution in [0.25, 0.3) is 17.1 Å². The number of aromatic nitrogens is 3. The van der Waals surface area contributed by atoms with Gasteiger partial charge in [0, 0.05) is 16.3 Å². The van der Waals surface area contributed by atoms with Gasteiger partial charge in [0.2, 0.25) is 5.91 Å². The Morgan fingerprint density at radius 1 is 1.14 bits per heavy atom. The number of amides is 3. The fraction of sp³-hybridized carbons (Fsp3) is 0.158. The molecule has 8 nitrogen and oxygen atoms in total. The highest BCUT2D eigenvalue weighted by atomic mass is 35.5. The zero-order chi connectivity index (χ0) is 21.0. The lowest BCUT2D eigenvalue weighted by Crippen LogP contribution is -2.39. The monoisotopic (exact) mass is 431 g/mol. The highest BCUT2D eigenvalue weighted by Gasteiger charge is 2.22. The molecule has 0 spiro atoms. The zero-order valence-corrected chi connectivity index (χ0v) is 17.2. The number of urea groups is 1. The summed E-state index contributed by atoms with van der Waals surface area (Å²) in [5.41, 5.74) is 6.62. The van der Waals surface area contributed by atoms with E-state index in [4.69, 9.17) is 22.1 Å². The number of imide groups is 1. The van der Waals surface area contributed by atoms with Gasteiger partial charge in [0.1, 0.15) is 5.75 Å². The second-order valence-electron chi connectivity index (χ2n) is 5.96. The average Bonchev–Trinajstić information content (AvgIpc) is 3.11. The molecule has 0 radical (unpaired) electrons. The van der Waals surface area contributed by atoms with Gasteiger partial charge >= 0.3 is 6.03 Å². The summed E-state index contributed by atoms with van der Waals surface area (Å²) in [5.74, 6) is 0.773. The number of methoxy groups -OCH3 is 1. The van der Waals surface area contributed by atoms with Crippen molar-refractivity contribution in [3.63, 3.8) is 0 Å². The van der Waals surface area contributed by atoms with Crippen LogP contribution in [-0.2, 0) is 4.79 Å². The topological polar surface area (TPSA) is 112 Å². The van der Waals surface area contributed by atoms with E-state index in [2.05, 4.69) is 15.5 Å². The number of hydrogen-bond acceptors (Lipinski definition) is 6. The van der Waals surface area contributed by atoms with Crippen LogP contribution >= 0.6 is 23.4 Å². The number of thioether (sulfide) groups is 1. The summed E-state index contributed by atoms with van der Waals surface area (Å²) in [5, 5.41) is 11.1. The minimum Gasteiger partial charge on any atom is -0.497 e. The summed E-state index contributed by atoms with van der Waals surface area (Å²) in [6.07, 6.45) is 0. The molecule has 0 saturated heterocycles. The van der Waals surface area contributed by atoms with Crippen molar-refractivity contribution < 1.29 is 14.3 Å². The van der Waals surface area contributed by atoms with Gasteiger partial charge in [0.15, 0.2) is 11.0 Å². The molecule has 3 N–H and O–H groups in total. The molecule has 3 rings (SSSR count). The smallest absolute Gasteiger partial charge is 0.318 e. The second kappa shape index (κ2) is 8.97. The van der Waals surface area contributed by atoms with Gasteiger partial charge in [0.25, 0.3) is 0 Å². The van der Waals surface area contributed by atoms with E-state index in [1.54, 1.807) is 26.2 Å². The van der Waals surface area contributed by atoms with E-state index in [9.17, 15) is 9.59 Å². The molecule has 1 atom stereocenters. The van der Waals surface area contributed by atoms with Crippen LogP contribution in [0.1, 0.15) is 6.92 Å². The fourth-order valence-corrected chi connectivity index (χ4v) is 3.52. The number of nitrogens with zero attached hydrogens (tertiary/aromatic N) is 3. The molecular formula is C19H18ClN5O3S. The van der Waals surface area contributed by atoms with Crippen molar-refractivity contribution in [3.05, 3.63) is 53.6 Å². The molecule has 1 aromatic heterocycles. The quantitative estimate of drug-likeness (QED) is 0.579. The first-order chi connectivity index (χ1) is 13.9. The Balaban J connectivity index is 2.02. The molecular weight excluding hydrogens is 414 g/mol. The van der Waals surface area contributed by atoms with Crippen molar-refractivity contribution in [1.82, 2.24) is 20.1 Å². The molecule has 0 fully saturated rings. The lowest BCUT2D eigenvalue weighted by atomic mass is 10.2. The first-order valence-electron chi connectivity index (χ1n) is 8.51. The van der Waals surface area contributed by atoms with Gasteiger partial charge in [-0.3, -0.25) is 14.7 Å². The third-order valence-electron chi connectivity index (χ3n) is 3.96. The first kappa shape index (κ1) is 20.7. The number of halogens is 1. The van der Waals surface area contributed by atoms with E-state index >= 15 is 0 Å². The number of rotatable bonds is 6. The molecule has 1 heterocycles. The lowest BCUT2D eigenvalue weighted by molar-refractivity contribution is -0.119. The standard InChI is InChI=1S/C19H18ClN5O3S/c1-11(17(26)22-18(21)27)29-19-24-23-16(12-3-5-13(20)6-4-12)25(19)14-7-9-15(28-2)10-8-14/h3-11H,1-2H3,(H3,21,22,26,27)/t11-/m1/s1. The highest BCUT2D eigenvalue weighted by molar-refractivity contribution is 8.00. The molecule has 0 unspecified atom stereocenters. The van der Waals surface area contributed by atoms with Crippen molar-refractivity contribution in [3.8, 4) is 22.8 Å². The van der Waals surface area contributed by atoms with Gasteiger partial charge in [0.05, 0.1) is 12.4 Å². The number of hydrogen-bond donors (Lipinski definition) is 2. The van der Waals surface area contributed by atoms with E-state index < -0.39 is 17.2 Å². The van der Waals surface area contributed by atoms with Crippen LogP contribution in [0.2, 0.25) is 5.02 Å². The molecule has 0 aliphatic carbocycles. The molecule has 3 amide bonds. The van der Waals surface area contributed by atoms with E-state index in [1.807, 2.05) is 41.0 Å². The molecule has 3 aromatic rings. The Morgan fingerprint density at radius 2 is 1.79 bits per heavy atom. The van der Waals surface area contributed by atoms with Crippen LogP contribution in [-0.4, -0.2) is 39.1 Å². The Labute approximate surface area is 176 Å². The summed E-state index contributed by atoms with van der Waals surface area (Å²) >= 11 is 7.15. The van der Waals surface area contributed by atoms with E-state index in [0.717, 1.165) is 23.0 Å². The molecule has 29 heavy (non-hydrogen) atoms. The normalized spacial score (nSPS) is 11.7. The van der Waals surface area contributed by atoms with Gasteiger partial charge < -0.3 is 10.5 Å². The summed E-state index contributed by atoms with van der Waals surface area (Å²) in [4.78, 5) is 23.0. The second-order valence-corrected chi connectivity index (χ2v) is 7.70. The van der Waals surface area contributed by atoms with Gasteiger partial charge in [-0.2, -0.15) is 0 Å². The maximum atomic E-state index is 12.1. The maximum Gasteiger partial charge on any atom is 0.318 e. The summed E-state index contributed by atoms with van der Waals surface area (Å²) in [6, 6.07) is 13.7. The van der Waals surface area contributed by atoms with E-state index in [-0.39, 0.29) is 0 Å². The van der Waals surface area contributed by atoms with Crippen molar-refractivity contribution >= 4 is 35.3 Å². The number of carbonyl (C=O) groups excluding carboxylic acids is 2. The van der Waals surface area contributed by atoms with Gasteiger partial charge in [-0.1, -0.05) is 23.4 Å². The number of primary amides is 1. The highest BCUT2D eigenvalue weighted by Crippen LogP contribution is 2.31. The summed E-state index contributed by atoms with van der Waals surface area (Å²) in [6.45, 7) is 1.65. The minimum absolute atomic E-state index is 0.479. The fourth-order valence-electron chi connectivity index (χ4n) is 2.53. The molecule has 150 valence electrons. The third-order valence-corrected chi connectivity index (χ3v) is 5.26. The van der Waals surface area contributed by atoms with Crippen LogP contribution < -0.4 is 15.8 Å². The summed E-state index contributed by atoms with van der Waals surface area (Å²) < 4.78 is 7.04. The SMILES string of the molecule is COc1ccc(-n2c(S[C@H](C)C(=O)NC(N)=O)nnc2-c2ccc(Cl)cc2)cc1. The molecule has 0 aliphatic heterocycles. The molecule has 10 heteroatoms. The minimum atomic E-state index is -0.902. The van der Waals surface area contributed by atoms with E-state index in [1.165, 1.54) is 0 Å². The largest absolute Gasteiger partial charge is 0.497 e. The number of nitrogens with one attached hydrogen (secondary N) is 1. The number of benzene rings is 2. The number of ether oxygens (including phenoxy) is 1. The van der Waals surface area contributed by atoms with Crippen LogP contribution in [0.15, 0.2) is 53.7 Å². The van der Waals surface area contributed by atoms with Crippen LogP contribution in [0.5, 0.6) is 5.75 Å². The summed E-state index contributed by atoms with van der Waals surface area (Å²) in [7, 11) is 1.59. The molecule has 0 bridgehead atoms. The molecule has 0 saturated carbocycles. The Morgan fingerprint density at radius 3 is 2.38 bits per heavy atom. The van der Waals surface area contributed by atoms with Crippen molar-refractivity contribution in [2.24, 2.45) is 5.73 Å². The first-order valence-corrected chi connectivity index (χ1v) is 9.77. The predicted molar refractivity (Wildman–Crippen MR) is 111 cm³/mol. The van der Waals surface area contributed by atoms with Gasteiger partial charge in [-0.05, 0) is 55.5 Å². The Kier molecular flexibility index (Phi) is 6.40. The predicted octanol–water partition coefficient (Wildman–Crippen LogP) is 3.27.